The van der Waals surface area contributed by atoms with E-state index in [0.717, 1.165) is 21.5 Å². The van der Waals surface area contributed by atoms with Crippen molar-refractivity contribution in [2.24, 2.45) is 0 Å². The monoisotopic (exact) mass is 364 g/mol. The van der Waals surface area contributed by atoms with E-state index in [1.54, 1.807) is 18.2 Å². The standard InChI is InChI=1S/C15H10BrClN2O2/c1-8-18-12-6-9(15(20)21)2-4-14(12)19(8)13-5-3-10(16)7-11(13)17/h2-7H,1H3,(H,20,21). The molecule has 0 saturated carbocycles. The Kier molecular flexibility index (Phi) is 3.47. The van der Waals surface area contributed by atoms with E-state index in [2.05, 4.69) is 20.9 Å². The topological polar surface area (TPSA) is 55.1 Å². The average Bonchev–Trinajstić information content (AvgIpc) is 2.74. The first-order valence-electron chi connectivity index (χ1n) is 6.15. The van der Waals surface area contributed by atoms with Crippen molar-refractivity contribution in [1.82, 2.24) is 9.55 Å². The van der Waals surface area contributed by atoms with Crippen LogP contribution in [0.4, 0.5) is 0 Å². The van der Waals surface area contributed by atoms with Crippen LogP contribution < -0.4 is 0 Å². The highest BCUT2D eigenvalue weighted by atomic mass is 79.9. The summed E-state index contributed by atoms with van der Waals surface area (Å²) in [6.07, 6.45) is 0. The average molecular weight is 366 g/mol. The Balaban J connectivity index is 2.27. The summed E-state index contributed by atoms with van der Waals surface area (Å²) in [5.41, 5.74) is 2.48. The van der Waals surface area contributed by atoms with Crippen molar-refractivity contribution in [1.29, 1.82) is 0 Å². The molecule has 1 aromatic heterocycles. The Hall–Kier alpha value is -1.85. The molecule has 1 N–H and O–H groups in total. The summed E-state index contributed by atoms with van der Waals surface area (Å²) in [5.74, 6) is -0.220. The van der Waals surface area contributed by atoms with E-state index in [-0.39, 0.29) is 5.56 Å². The Morgan fingerprint density at radius 1 is 1.29 bits per heavy atom. The Morgan fingerprint density at radius 3 is 2.71 bits per heavy atom. The quantitative estimate of drug-likeness (QED) is 0.730. The van der Waals surface area contributed by atoms with Crippen LogP contribution in [0.3, 0.4) is 0 Å². The van der Waals surface area contributed by atoms with Crippen molar-refractivity contribution in [2.75, 3.05) is 0 Å². The highest BCUT2D eigenvalue weighted by molar-refractivity contribution is 9.10. The van der Waals surface area contributed by atoms with Gasteiger partial charge in [-0.2, -0.15) is 0 Å². The minimum Gasteiger partial charge on any atom is -0.478 e. The molecule has 0 radical (unpaired) electrons. The van der Waals surface area contributed by atoms with Gasteiger partial charge >= 0.3 is 5.97 Å². The molecule has 1 heterocycles. The van der Waals surface area contributed by atoms with Gasteiger partial charge in [-0.3, -0.25) is 4.57 Å². The minimum atomic E-state index is -0.967. The van der Waals surface area contributed by atoms with Gasteiger partial charge in [-0.1, -0.05) is 27.5 Å². The number of nitrogens with zero attached hydrogens (tertiary/aromatic N) is 2. The molecule has 0 aliphatic carbocycles. The second kappa shape index (κ2) is 5.16. The molecule has 21 heavy (non-hydrogen) atoms. The van der Waals surface area contributed by atoms with Gasteiger partial charge in [0.15, 0.2) is 0 Å². The SMILES string of the molecule is Cc1nc2cc(C(=O)O)ccc2n1-c1ccc(Br)cc1Cl. The van der Waals surface area contributed by atoms with Crippen molar-refractivity contribution in [2.45, 2.75) is 6.92 Å². The van der Waals surface area contributed by atoms with E-state index in [0.29, 0.717) is 10.5 Å². The van der Waals surface area contributed by atoms with Crippen LogP contribution in [0.5, 0.6) is 0 Å². The molecule has 0 spiro atoms. The van der Waals surface area contributed by atoms with Gasteiger partial charge in [0.05, 0.1) is 27.3 Å². The minimum absolute atomic E-state index is 0.217. The summed E-state index contributed by atoms with van der Waals surface area (Å²) in [4.78, 5) is 15.5. The molecule has 0 aliphatic rings. The number of carboxylic acid groups (broad SMARTS) is 1. The van der Waals surface area contributed by atoms with Crippen molar-refractivity contribution >= 4 is 44.5 Å². The zero-order valence-corrected chi connectivity index (χ0v) is 13.3. The van der Waals surface area contributed by atoms with Crippen molar-refractivity contribution in [3.05, 3.63) is 57.3 Å². The van der Waals surface area contributed by atoms with Gasteiger partial charge in [-0.05, 0) is 43.3 Å². The zero-order chi connectivity index (χ0) is 15.1. The molecular formula is C15H10BrClN2O2. The first-order valence-corrected chi connectivity index (χ1v) is 7.32. The number of rotatable bonds is 2. The van der Waals surface area contributed by atoms with E-state index in [1.807, 2.05) is 29.7 Å². The number of fused-ring (bicyclic) bond motifs is 1. The van der Waals surface area contributed by atoms with Gasteiger partial charge in [0, 0.05) is 4.47 Å². The van der Waals surface area contributed by atoms with Gasteiger partial charge in [0.25, 0.3) is 0 Å². The van der Waals surface area contributed by atoms with Crippen LogP contribution in [0.25, 0.3) is 16.7 Å². The van der Waals surface area contributed by atoms with Crippen LogP contribution in [0, 0.1) is 6.92 Å². The lowest BCUT2D eigenvalue weighted by Crippen LogP contribution is -1.98. The molecule has 3 aromatic rings. The molecule has 4 nitrogen and oxygen atoms in total. The molecule has 0 amide bonds. The molecule has 0 atom stereocenters. The fourth-order valence-corrected chi connectivity index (χ4v) is 3.06. The Labute approximate surface area is 134 Å². The molecule has 106 valence electrons. The third kappa shape index (κ3) is 2.43. The van der Waals surface area contributed by atoms with E-state index in [1.165, 1.54) is 0 Å². The first-order chi connectivity index (χ1) is 9.97. The summed E-state index contributed by atoms with van der Waals surface area (Å²) in [6, 6.07) is 10.5. The maximum atomic E-state index is 11.0. The maximum absolute atomic E-state index is 11.0. The molecule has 3 rings (SSSR count). The first kappa shape index (κ1) is 14.1. The van der Waals surface area contributed by atoms with Crippen LogP contribution >= 0.6 is 27.5 Å². The smallest absolute Gasteiger partial charge is 0.335 e. The number of benzene rings is 2. The van der Waals surface area contributed by atoms with Crippen LogP contribution in [-0.4, -0.2) is 20.6 Å². The number of aromatic carboxylic acids is 1. The highest BCUT2D eigenvalue weighted by Gasteiger charge is 2.14. The largest absolute Gasteiger partial charge is 0.478 e. The van der Waals surface area contributed by atoms with Gasteiger partial charge in [0.1, 0.15) is 5.82 Å². The summed E-state index contributed by atoms with van der Waals surface area (Å²) in [7, 11) is 0. The molecule has 2 aromatic carbocycles. The van der Waals surface area contributed by atoms with Gasteiger partial charge in [-0.15, -0.1) is 0 Å². The van der Waals surface area contributed by atoms with Gasteiger partial charge in [0.2, 0.25) is 0 Å². The van der Waals surface area contributed by atoms with E-state index in [9.17, 15) is 4.79 Å². The highest BCUT2D eigenvalue weighted by Crippen LogP contribution is 2.29. The van der Waals surface area contributed by atoms with Crippen LogP contribution in [-0.2, 0) is 0 Å². The molecule has 0 bridgehead atoms. The van der Waals surface area contributed by atoms with Gasteiger partial charge < -0.3 is 5.11 Å². The number of carbonyl (C=O) groups is 1. The molecular weight excluding hydrogens is 356 g/mol. The fraction of sp³-hybridized carbons (Fsp3) is 0.0667. The molecule has 6 heteroatoms. The summed E-state index contributed by atoms with van der Waals surface area (Å²) >= 11 is 9.68. The third-order valence-electron chi connectivity index (χ3n) is 3.22. The van der Waals surface area contributed by atoms with Gasteiger partial charge in [-0.25, -0.2) is 9.78 Å². The number of aromatic nitrogens is 2. The number of halogens is 2. The Bertz CT molecular complexity index is 873. The predicted molar refractivity (Wildman–Crippen MR) is 85.5 cm³/mol. The molecule has 0 saturated heterocycles. The van der Waals surface area contributed by atoms with E-state index in [4.69, 9.17) is 16.7 Å². The number of aryl methyl sites for hydroxylation is 1. The van der Waals surface area contributed by atoms with Crippen molar-refractivity contribution < 1.29 is 9.90 Å². The number of hydrogen-bond acceptors (Lipinski definition) is 2. The molecule has 0 unspecified atom stereocenters. The fourth-order valence-electron chi connectivity index (χ4n) is 2.30. The lowest BCUT2D eigenvalue weighted by molar-refractivity contribution is 0.0697. The lowest BCUT2D eigenvalue weighted by Gasteiger charge is -2.09. The second-order valence-corrected chi connectivity index (χ2v) is 5.92. The second-order valence-electron chi connectivity index (χ2n) is 4.60. The molecule has 0 fully saturated rings. The lowest BCUT2D eigenvalue weighted by atomic mass is 10.2. The number of carboxylic acids is 1. The number of hydrogen-bond donors (Lipinski definition) is 1. The maximum Gasteiger partial charge on any atom is 0.335 e. The Morgan fingerprint density at radius 2 is 2.05 bits per heavy atom. The normalized spacial score (nSPS) is 11.0. The van der Waals surface area contributed by atoms with E-state index < -0.39 is 5.97 Å². The van der Waals surface area contributed by atoms with Crippen LogP contribution in [0.1, 0.15) is 16.2 Å². The van der Waals surface area contributed by atoms with E-state index >= 15 is 0 Å². The van der Waals surface area contributed by atoms with Crippen LogP contribution in [0.15, 0.2) is 40.9 Å². The third-order valence-corrected chi connectivity index (χ3v) is 4.02. The van der Waals surface area contributed by atoms with Crippen molar-refractivity contribution in [3.8, 4) is 5.69 Å². The zero-order valence-electron chi connectivity index (χ0n) is 11.0. The molecule has 0 aliphatic heterocycles. The summed E-state index contributed by atoms with van der Waals surface area (Å²) < 4.78 is 2.81. The van der Waals surface area contributed by atoms with Crippen LogP contribution in [0.2, 0.25) is 5.02 Å². The predicted octanol–water partition coefficient (Wildman–Crippen LogP) is 4.45. The number of imidazole rings is 1. The summed E-state index contributed by atoms with van der Waals surface area (Å²) in [5, 5.41) is 9.64. The summed E-state index contributed by atoms with van der Waals surface area (Å²) in [6.45, 7) is 1.86. The van der Waals surface area contributed by atoms with Crippen molar-refractivity contribution in [3.63, 3.8) is 0 Å².